The normalized spacial score (nSPS) is 11.0. The van der Waals surface area contributed by atoms with Crippen LogP contribution in [0.15, 0.2) is 126 Å². The molecule has 5 aromatic rings. The van der Waals surface area contributed by atoms with Crippen molar-refractivity contribution in [3.8, 4) is 5.75 Å². The fourth-order valence-electron chi connectivity index (χ4n) is 4.01. The molecule has 0 atom stereocenters. The van der Waals surface area contributed by atoms with Gasteiger partial charge in [0.05, 0.1) is 5.69 Å². The van der Waals surface area contributed by atoms with Crippen LogP contribution in [0.25, 0.3) is 10.8 Å². The molecule has 5 rings (SSSR count). The van der Waals surface area contributed by atoms with Crippen LogP contribution in [0.1, 0.15) is 15.9 Å². The number of ether oxygens (including phenoxy) is 1. The molecule has 0 saturated heterocycles. The second-order valence-corrected chi connectivity index (χ2v) is 10.3. The number of urea groups is 1. The van der Waals surface area contributed by atoms with Crippen LogP contribution in [0.3, 0.4) is 0 Å². The van der Waals surface area contributed by atoms with Crippen molar-refractivity contribution in [2.75, 3.05) is 10.6 Å². The number of esters is 1. The molecular weight excluding hydrogens is 528 g/mol. The van der Waals surface area contributed by atoms with E-state index in [0.29, 0.717) is 5.69 Å². The average molecular weight is 553 g/mol. The van der Waals surface area contributed by atoms with Crippen molar-refractivity contribution in [1.82, 2.24) is 0 Å². The number of carbonyl (C=O) groups excluding carboxylic acids is 2. The second-order valence-electron chi connectivity index (χ2n) is 8.73. The SMILES string of the molecule is O=C(Nc1ccc(C(=O)OCc2ccccc2)c(OS(=O)(=O)c2ccccc2)c1)Nc1cccc2ccccc12. The lowest BCUT2D eigenvalue weighted by Gasteiger charge is -2.14. The van der Waals surface area contributed by atoms with Crippen molar-refractivity contribution in [1.29, 1.82) is 0 Å². The molecule has 0 spiro atoms. The lowest BCUT2D eigenvalue weighted by atomic mass is 10.1. The zero-order valence-electron chi connectivity index (χ0n) is 21.1. The van der Waals surface area contributed by atoms with Gasteiger partial charge in [0.2, 0.25) is 0 Å². The Labute approximate surface area is 231 Å². The molecule has 2 amide bonds. The van der Waals surface area contributed by atoms with Gasteiger partial charge in [0.1, 0.15) is 17.1 Å². The van der Waals surface area contributed by atoms with Gasteiger partial charge in [-0.15, -0.1) is 0 Å². The molecule has 0 aliphatic carbocycles. The van der Waals surface area contributed by atoms with Crippen molar-refractivity contribution in [2.45, 2.75) is 11.5 Å². The van der Waals surface area contributed by atoms with E-state index >= 15 is 0 Å². The van der Waals surface area contributed by atoms with Gasteiger partial charge in [-0.3, -0.25) is 0 Å². The minimum Gasteiger partial charge on any atom is -0.457 e. The van der Waals surface area contributed by atoms with E-state index in [0.717, 1.165) is 16.3 Å². The highest BCUT2D eigenvalue weighted by atomic mass is 32.2. The summed E-state index contributed by atoms with van der Waals surface area (Å²) < 4.78 is 36.8. The van der Waals surface area contributed by atoms with Gasteiger partial charge in [-0.2, -0.15) is 8.42 Å². The van der Waals surface area contributed by atoms with Crippen LogP contribution >= 0.6 is 0 Å². The van der Waals surface area contributed by atoms with Gasteiger partial charge in [-0.25, -0.2) is 9.59 Å². The van der Waals surface area contributed by atoms with Crippen molar-refractivity contribution in [3.05, 3.63) is 132 Å². The number of anilines is 2. The summed E-state index contributed by atoms with van der Waals surface area (Å²) in [6.45, 7) is -0.0159. The smallest absolute Gasteiger partial charge is 0.342 e. The van der Waals surface area contributed by atoms with Crippen LogP contribution < -0.4 is 14.8 Å². The molecule has 0 heterocycles. The number of rotatable bonds is 8. The summed E-state index contributed by atoms with van der Waals surface area (Å²) in [7, 11) is -4.29. The number of hydrogen-bond donors (Lipinski definition) is 2. The van der Waals surface area contributed by atoms with E-state index in [-0.39, 0.29) is 28.5 Å². The van der Waals surface area contributed by atoms with Gasteiger partial charge in [-0.1, -0.05) is 84.9 Å². The highest BCUT2D eigenvalue weighted by Crippen LogP contribution is 2.29. The standard InChI is InChI=1S/C31H24N2O6S/c34-30(38-21-22-10-3-1-4-11-22)27-19-18-24(20-29(27)39-40(36,37)25-14-5-2-6-15-25)32-31(35)33-28-17-9-13-23-12-7-8-16-26(23)28/h1-20H,21H2,(H2,32,33,35). The number of benzene rings is 5. The van der Waals surface area contributed by atoms with Gasteiger partial charge < -0.3 is 19.6 Å². The van der Waals surface area contributed by atoms with Crippen LogP contribution in [0.5, 0.6) is 5.75 Å². The highest BCUT2D eigenvalue weighted by Gasteiger charge is 2.23. The van der Waals surface area contributed by atoms with Crippen LogP contribution in [0.2, 0.25) is 0 Å². The van der Waals surface area contributed by atoms with Gasteiger partial charge in [0.15, 0.2) is 5.75 Å². The first-order valence-electron chi connectivity index (χ1n) is 12.3. The zero-order chi connectivity index (χ0) is 28.0. The van der Waals surface area contributed by atoms with Gasteiger partial charge in [0.25, 0.3) is 0 Å². The molecule has 5 aromatic carbocycles. The molecule has 0 aliphatic rings. The number of fused-ring (bicyclic) bond motifs is 1. The topological polar surface area (TPSA) is 111 Å². The van der Waals surface area contributed by atoms with Crippen LogP contribution in [-0.4, -0.2) is 20.4 Å². The molecule has 0 fully saturated rings. The van der Waals surface area contributed by atoms with Crippen LogP contribution in [-0.2, 0) is 21.5 Å². The Bertz CT molecular complexity index is 1770. The van der Waals surface area contributed by atoms with E-state index in [4.69, 9.17) is 8.92 Å². The number of hydrogen-bond acceptors (Lipinski definition) is 6. The average Bonchev–Trinajstić information content (AvgIpc) is 2.97. The molecule has 200 valence electrons. The fraction of sp³-hybridized carbons (Fsp3) is 0.0323. The molecule has 0 bridgehead atoms. The molecule has 9 heteroatoms. The molecule has 40 heavy (non-hydrogen) atoms. The third-order valence-corrected chi connectivity index (χ3v) is 7.19. The Balaban J connectivity index is 1.40. The minimum atomic E-state index is -4.29. The quantitative estimate of drug-likeness (QED) is 0.166. The largest absolute Gasteiger partial charge is 0.457 e. The lowest BCUT2D eigenvalue weighted by Crippen LogP contribution is -2.20. The van der Waals surface area contributed by atoms with Crippen LogP contribution in [0.4, 0.5) is 16.2 Å². The maximum Gasteiger partial charge on any atom is 0.342 e. The second kappa shape index (κ2) is 11.7. The molecule has 0 aromatic heterocycles. The van der Waals surface area contributed by atoms with E-state index in [1.807, 2.05) is 54.6 Å². The molecule has 0 aliphatic heterocycles. The first-order valence-corrected chi connectivity index (χ1v) is 13.7. The van der Waals surface area contributed by atoms with Gasteiger partial charge in [-0.05, 0) is 41.3 Å². The van der Waals surface area contributed by atoms with Gasteiger partial charge in [0, 0.05) is 17.1 Å². The van der Waals surface area contributed by atoms with E-state index in [2.05, 4.69) is 10.6 Å². The zero-order valence-corrected chi connectivity index (χ0v) is 21.9. The molecule has 2 N–H and O–H groups in total. The van der Waals surface area contributed by atoms with Crippen LogP contribution in [0, 0.1) is 0 Å². The van der Waals surface area contributed by atoms with E-state index < -0.39 is 22.1 Å². The van der Waals surface area contributed by atoms with E-state index in [1.54, 1.807) is 36.4 Å². The predicted octanol–water partition coefficient (Wildman–Crippen LogP) is 6.61. The van der Waals surface area contributed by atoms with Crippen molar-refractivity contribution < 1.29 is 26.9 Å². The number of nitrogens with one attached hydrogen (secondary N) is 2. The highest BCUT2D eigenvalue weighted by molar-refractivity contribution is 7.87. The van der Waals surface area contributed by atoms with Crippen molar-refractivity contribution in [2.24, 2.45) is 0 Å². The predicted molar refractivity (Wildman–Crippen MR) is 153 cm³/mol. The van der Waals surface area contributed by atoms with E-state index in [1.165, 1.54) is 30.3 Å². The first-order chi connectivity index (χ1) is 19.4. The third-order valence-electron chi connectivity index (χ3n) is 5.94. The minimum absolute atomic E-state index is 0.0159. The Morgan fingerprint density at radius 3 is 2.15 bits per heavy atom. The maximum absolute atomic E-state index is 13.0. The molecular formula is C31H24N2O6S. The lowest BCUT2D eigenvalue weighted by molar-refractivity contribution is 0.0471. The first kappa shape index (κ1) is 26.5. The summed E-state index contributed by atoms with van der Waals surface area (Å²) >= 11 is 0. The third kappa shape index (κ3) is 6.28. The van der Waals surface area contributed by atoms with E-state index in [9.17, 15) is 18.0 Å². The Morgan fingerprint density at radius 2 is 1.38 bits per heavy atom. The summed E-state index contributed by atoms with van der Waals surface area (Å²) in [5.74, 6) is -1.07. The summed E-state index contributed by atoms with van der Waals surface area (Å²) in [5.41, 5.74) is 1.45. The Hall–Kier alpha value is -5.15. The molecule has 0 radical (unpaired) electrons. The Kier molecular flexibility index (Phi) is 7.75. The van der Waals surface area contributed by atoms with Crippen molar-refractivity contribution >= 4 is 44.3 Å². The molecule has 8 nitrogen and oxygen atoms in total. The molecule has 0 unspecified atom stereocenters. The molecule has 0 saturated carbocycles. The fourth-order valence-corrected chi connectivity index (χ4v) is 4.97. The summed E-state index contributed by atoms with van der Waals surface area (Å²) in [4.78, 5) is 25.7. The van der Waals surface area contributed by atoms with Gasteiger partial charge >= 0.3 is 22.1 Å². The number of amides is 2. The monoisotopic (exact) mass is 552 g/mol. The van der Waals surface area contributed by atoms with Crippen molar-refractivity contribution in [3.63, 3.8) is 0 Å². The summed E-state index contributed by atoms with van der Waals surface area (Å²) in [5, 5.41) is 7.29. The maximum atomic E-state index is 13.0. The summed E-state index contributed by atoms with van der Waals surface area (Å²) in [6.07, 6.45) is 0. The summed E-state index contributed by atoms with van der Waals surface area (Å²) in [6, 6.07) is 33.3. The Morgan fingerprint density at radius 1 is 0.700 bits per heavy atom. The number of carbonyl (C=O) groups is 2.